The van der Waals surface area contributed by atoms with E-state index in [2.05, 4.69) is 15.6 Å². The molecule has 3 aromatic rings. The van der Waals surface area contributed by atoms with Gasteiger partial charge in [-0.15, -0.1) is 11.3 Å². The van der Waals surface area contributed by atoms with Crippen LogP contribution in [0.5, 0.6) is 11.5 Å². The first-order valence-corrected chi connectivity index (χ1v) is 8.36. The van der Waals surface area contributed by atoms with E-state index in [1.807, 2.05) is 36.4 Å². The van der Waals surface area contributed by atoms with Gasteiger partial charge in [0.1, 0.15) is 11.4 Å². The predicted molar refractivity (Wildman–Crippen MR) is 97.3 cm³/mol. The molecule has 25 heavy (non-hydrogen) atoms. The van der Waals surface area contributed by atoms with Gasteiger partial charge < -0.3 is 15.4 Å². The van der Waals surface area contributed by atoms with Gasteiger partial charge in [-0.2, -0.15) is 0 Å². The van der Waals surface area contributed by atoms with Crippen LogP contribution in [-0.2, 0) is 4.79 Å². The fourth-order valence-electron chi connectivity index (χ4n) is 2.05. The van der Waals surface area contributed by atoms with Gasteiger partial charge in [-0.25, -0.2) is 4.98 Å². The maximum absolute atomic E-state index is 12.4. The first-order chi connectivity index (χ1) is 12.1. The smallest absolute Gasteiger partial charge is 0.275 e. The number of nitrogens with one attached hydrogen (secondary N) is 2. The van der Waals surface area contributed by atoms with Gasteiger partial charge in [0.25, 0.3) is 5.91 Å². The van der Waals surface area contributed by atoms with Crippen LogP contribution in [0, 0.1) is 0 Å². The van der Waals surface area contributed by atoms with Crippen LogP contribution in [0.1, 0.15) is 17.4 Å². The number of hydrogen-bond donors (Lipinski definition) is 2. The third-order valence-corrected chi connectivity index (χ3v) is 3.88. The molecule has 0 saturated carbocycles. The molecule has 1 heterocycles. The molecule has 7 heteroatoms. The molecule has 2 aromatic carbocycles. The zero-order valence-electron chi connectivity index (χ0n) is 13.4. The largest absolute Gasteiger partial charge is 0.455 e. The summed E-state index contributed by atoms with van der Waals surface area (Å²) < 4.78 is 5.81. The summed E-state index contributed by atoms with van der Waals surface area (Å²) in [5.41, 5.74) is 0.758. The summed E-state index contributed by atoms with van der Waals surface area (Å²) in [6, 6.07) is 16.4. The van der Waals surface area contributed by atoms with E-state index in [4.69, 9.17) is 4.74 Å². The highest BCUT2D eigenvalue weighted by Gasteiger charge is 2.14. The van der Waals surface area contributed by atoms with Gasteiger partial charge in [-0.1, -0.05) is 30.3 Å². The van der Waals surface area contributed by atoms with Crippen molar-refractivity contribution < 1.29 is 14.3 Å². The summed E-state index contributed by atoms with van der Waals surface area (Å²) >= 11 is 1.19. The number of nitrogens with zero attached hydrogens (tertiary/aromatic N) is 1. The van der Waals surface area contributed by atoms with Gasteiger partial charge in [0, 0.05) is 12.3 Å². The standard InChI is InChI=1S/C18H15N3O3S/c1-12(22)19-18-21-15(11-25-18)17(23)20-14-9-5-6-10-16(14)24-13-7-3-2-4-8-13/h2-11H,1H3,(H,20,23)(H,19,21,22). The van der Waals surface area contributed by atoms with Crippen molar-refractivity contribution >= 4 is 34.0 Å². The second-order valence-corrected chi connectivity index (χ2v) is 5.94. The highest BCUT2D eigenvalue weighted by molar-refractivity contribution is 7.14. The SMILES string of the molecule is CC(=O)Nc1nc(C(=O)Nc2ccccc2Oc2ccccc2)cs1. The molecule has 2 N–H and O–H groups in total. The van der Waals surface area contributed by atoms with Crippen molar-refractivity contribution in [1.29, 1.82) is 0 Å². The monoisotopic (exact) mass is 353 g/mol. The number of rotatable bonds is 5. The Labute approximate surface area is 148 Å². The predicted octanol–water partition coefficient (Wildman–Crippen LogP) is 4.15. The van der Waals surface area contributed by atoms with Crippen LogP contribution >= 0.6 is 11.3 Å². The molecule has 0 bridgehead atoms. The van der Waals surface area contributed by atoms with Crippen LogP contribution in [-0.4, -0.2) is 16.8 Å². The van der Waals surface area contributed by atoms with Crippen LogP contribution in [0.25, 0.3) is 0 Å². The van der Waals surface area contributed by atoms with Crippen LogP contribution < -0.4 is 15.4 Å². The fourth-order valence-corrected chi connectivity index (χ4v) is 2.78. The summed E-state index contributed by atoms with van der Waals surface area (Å²) in [7, 11) is 0. The van der Waals surface area contributed by atoms with E-state index in [0.717, 1.165) is 0 Å². The first kappa shape index (κ1) is 16.7. The third-order valence-electron chi connectivity index (χ3n) is 3.13. The number of carbonyl (C=O) groups excluding carboxylic acids is 2. The number of anilines is 2. The molecule has 0 aliphatic heterocycles. The molecular formula is C18H15N3O3S. The number of amides is 2. The van der Waals surface area contributed by atoms with Gasteiger partial charge in [0.05, 0.1) is 5.69 Å². The summed E-state index contributed by atoms with van der Waals surface area (Å²) in [6.45, 7) is 1.39. The number of thiazole rings is 1. The molecule has 0 radical (unpaired) electrons. The molecule has 0 atom stereocenters. The van der Waals surface area contributed by atoms with Gasteiger partial charge >= 0.3 is 0 Å². The quantitative estimate of drug-likeness (QED) is 0.722. The van der Waals surface area contributed by atoms with Crippen molar-refractivity contribution in [2.24, 2.45) is 0 Å². The summed E-state index contributed by atoms with van der Waals surface area (Å²) in [5.74, 6) is 0.588. The summed E-state index contributed by atoms with van der Waals surface area (Å²) in [5, 5.41) is 7.30. The fraction of sp³-hybridized carbons (Fsp3) is 0.0556. The van der Waals surface area contributed by atoms with Gasteiger partial charge in [0.15, 0.2) is 10.9 Å². The highest BCUT2D eigenvalue weighted by atomic mass is 32.1. The Balaban J connectivity index is 1.75. The zero-order valence-corrected chi connectivity index (χ0v) is 14.2. The minimum atomic E-state index is -0.378. The third kappa shape index (κ3) is 4.42. The minimum absolute atomic E-state index is 0.225. The average molecular weight is 353 g/mol. The van der Waals surface area contributed by atoms with Crippen molar-refractivity contribution in [2.75, 3.05) is 10.6 Å². The molecule has 0 unspecified atom stereocenters. The Kier molecular flexibility index (Phi) is 5.06. The maximum Gasteiger partial charge on any atom is 0.275 e. The van der Waals surface area contributed by atoms with E-state index in [0.29, 0.717) is 22.3 Å². The van der Waals surface area contributed by atoms with Crippen molar-refractivity contribution in [3.8, 4) is 11.5 Å². The lowest BCUT2D eigenvalue weighted by molar-refractivity contribution is -0.114. The number of hydrogen-bond acceptors (Lipinski definition) is 5. The van der Waals surface area contributed by atoms with Crippen molar-refractivity contribution in [2.45, 2.75) is 6.92 Å². The Morgan fingerprint density at radius 2 is 1.72 bits per heavy atom. The lowest BCUT2D eigenvalue weighted by atomic mass is 10.2. The second kappa shape index (κ2) is 7.59. The Morgan fingerprint density at radius 1 is 1.00 bits per heavy atom. The topological polar surface area (TPSA) is 80.3 Å². The molecule has 1 aromatic heterocycles. The number of aromatic nitrogens is 1. The lowest BCUT2D eigenvalue weighted by Gasteiger charge is -2.11. The van der Waals surface area contributed by atoms with E-state index < -0.39 is 0 Å². The number of benzene rings is 2. The molecule has 0 spiro atoms. The van der Waals surface area contributed by atoms with Crippen molar-refractivity contribution in [1.82, 2.24) is 4.98 Å². The number of para-hydroxylation sites is 3. The normalized spacial score (nSPS) is 10.1. The van der Waals surface area contributed by atoms with E-state index in [1.165, 1.54) is 18.3 Å². The van der Waals surface area contributed by atoms with Crippen LogP contribution in [0.4, 0.5) is 10.8 Å². The number of ether oxygens (including phenoxy) is 1. The van der Waals surface area contributed by atoms with Crippen molar-refractivity contribution in [3.05, 3.63) is 65.7 Å². The second-order valence-electron chi connectivity index (χ2n) is 5.08. The van der Waals surface area contributed by atoms with Gasteiger partial charge in [-0.05, 0) is 24.3 Å². The Morgan fingerprint density at radius 3 is 2.48 bits per heavy atom. The van der Waals surface area contributed by atoms with E-state index >= 15 is 0 Å². The maximum atomic E-state index is 12.4. The molecule has 3 rings (SSSR count). The lowest BCUT2D eigenvalue weighted by Crippen LogP contribution is -2.13. The van der Waals surface area contributed by atoms with Crippen LogP contribution in [0.15, 0.2) is 60.0 Å². The molecule has 6 nitrogen and oxygen atoms in total. The zero-order chi connectivity index (χ0) is 17.6. The number of carbonyl (C=O) groups is 2. The van der Waals surface area contributed by atoms with Crippen LogP contribution in [0.3, 0.4) is 0 Å². The molecule has 0 aliphatic carbocycles. The molecule has 0 aliphatic rings. The molecule has 0 saturated heterocycles. The van der Waals surface area contributed by atoms with Crippen molar-refractivity contribution in [3.63, 3.8) is 0 Å². The van der Waals surface area contributed by atoms with Crippen LogP contribution in [0.2, 0.25) is 0 Å². The molecule has 126 valence electrons. The minimum Gasteiger partial charge on any atom is -0.455 e. The highest BCUT2D eigenvalue weighted by Crippen LogP contribution is 2.29. The molecular weight excluding hydrogens is 338 g/mol. The summed E-state index contributed by atoms with van der Waals surface area (Å²) in [6.07, 6.45) is 0. The van der Waals surface area contributed by atoms with E-state index in [-0.39, 0.29) is 17.5 Å². The Bertz CT molecular complexity index is 893. The van der Waals surface area contributed by atoms with E-state index in [9.17, 15) is 9.59 Å². The van der Waals surface area contributed by atoms with Gasteiger partial charge in [0.2, 0.25) is 5.91 Å². The molecule has 2 amide bonds. The molecule has 0 fully saturated rings. The van der Waals surface area contributed by atoms with E-state index in [1.54, 1.807) is 23.6 Å². The van der Waals surface area contributed by atoms with Gasteiger partial charge in [-0.3, -0.25) is 9.59 Å². The Hall–Kier alpha value is -3.19. The summed E-state index contributed by atoms with van der Waals surface area (Å²) in [4.78, 5) is 27.5. The first-order valence-electron chi connectivity index (χ1n) is 7.48. The average Bonchev–Trinajstić information content (AvgIpc) is 3.05.